The molecule has 0 bridgehead atoms. The summed E-state index contributed by atoms with van der Waals surface area (Å²) in [7, 11) is 4.10. The van der Waals surface area contributed by atoms with Crippen LogP contribution in [0.2, 0.25) is 0 Å². The van der Waals surface area contributed by atoms with Crippen molar-refractivity contribution in [2.75, 3.05) is 31.3 Å². The predicted octanol–water partition coefficient (Wildman–Crippen LogP) is 5.83. The second kappa shape index (κ2) is 15.7. The van der Waals surface area contributed by atoms with Crippen LogP contribution in [0, 0.1) is 11.8 Å². The van der Waals surface area contributed by atoms with Crippen LogP contribution in [0.4, 0.5) is 11.4 Å². The van der Waals surface area contributed by atoms with E-state index < -0.39 is 0 Å². The summed E-state index contributed by atoms with van der Waals surface area (Å²) in [5.41, 5.74) is 7.18. The van der Waals surface area contributed by atoms with Gasteiger partial charge in [0, 0.05) is 47.2 Å². The molecule has 0 fully saturated rings. The molecule has 0 unspecified atom stereocenters. The molecule has 38 heavy (non-hydrogen) atoms. The fourth-order valence-corrected chi connectivity index (χ4v) is 3.79. The molecule has 0 aromatic heterocycles. The monoisotopic (exact) mass is 510 g/mol. The highest BCUT2D eigenvalue weighted by atomic mass is 16.1. The molecule has 6 heteroatoms. The summed E-state index contributed by atoms with van der Waals surface area (Å²) in [5.74, 6) is 5.09. The number of allylic oxidation sites excluding steroid dienone is 1. The third kappa shape index (κ3) is 8.95. The maximum atomic E-state index is 11.7. The minimum absolute atomic E-state index is 0.338. The van der Waals surface area contributed by atoms with Gasteiger partial charge in [-0.2, -0.15) is 0 Å². The number of amides is 2. The summed E-state index contributed by atoms with van der Waals surface area (Å²) in [6, 6.07) is 24.0. The zero-order valence-electron chi connectivity index (χ0n) is 23.2. The highest BCUT2D eigenvalue weighted by Gasteiger charge is 2.13. The van der Waals surface area contributed by atoms with Gasteiger partial charge in [0.05, 0.1) is 0 Å². The molecule has 0 aliphatic heterocycles. The Morgan fingerprint density at radius 1 is 0.974 bits per heavy atom. The molecule has 0 saturated heterocycles. The van der Waals surface area contributed by atoms with Gasteiger partial charge in [-0.25, -0.2) is 0 Å². The largest absolute Gasteiger partial charge is 0.355 e. The van der Waals surface area contributed by atoms with E-state index in [-0.39, 0.29) is 5.91 Å². The Bertz CT molecular complexity index is 1280. The fraction of sp³-hybridized carbons (Fsp3) is 0.250. The number of hydrogen-bond donors (Lipinski definition) is 3. The van der Waals surface area contributed by atoms with Crippen LogP contribution in [0.1, 0.15) is 49.9 Å². The van der Waals surface area contributed by atoms with Gasteiger partial charge >= 0.3 is 0 Å². The van der Waals surface area contributed by atoms with Crippen molar-refractivity contribution < 1.29 is 9.59 Å². The second-order valence-electron chi connectivity index (χ2n) is 8.56. The number of carbonyl (C=O) groups is 2. The highest BCUT2D eigenvalue weighted by Crippen LogP contribution is 2.32. The fourth-order valence-electron chi connectivity index (χ4n) is 3.79. The number of benzene rings is 3. The van der Waals surface area contributed by atoms with Crippen LogP contribution < -0.4 is 16.0 Å². The van der Waals surface area contributed by atoms with Gasteiger partial charge in [-0.1, -0.05) is 68.3 Å². The van der Waals surface area contributed by atoms with Crippen molar-refractivity contribution in [2.45, 2.75) is 34.2 Å². The summed E-state index contributed by atoms with van der Waals surface area (Å²) in [4.78, 5) is 25.3. The standard InChI is InChI=1S/C30H32N4O2.C2H6/c1-5-31-29(36)18-14-23-13-17-27(28(19-23)32-21-35)22(2)30(25-9-7-6-8-10-25)33-26-15-11-24(12-16-26)20-34(3)4;1-2/h6-13,15-17,19,21,33H,5,20H2,1-4H3,(H,31,36)(H,32,35);1-2H3/b30-22+;. The molecular formula is C32H38N4O2. The molecule has 6 nitrogen and oxygen atoms in total. The molecule has 3 aromatic rings. The SMILES string of the molecule is CC.CCNC(=O)C#Cc1ccc(/C(C)=C(/Nc2ccc(CN(C)C)cc2)c2ccccc2)c(NC=O)c1. The summed E-state index contributed by atoms with van der Waals surface area (Å²) < 4.78 is 0. The van der Waals surface area contributed by atoms with Crippen molar-refractivity contribution >= 4 is 35.0 Å². The molecule has 0 heterocycles. The smallest absolute Gasteiger partial charge is 0.296 e. The van der Waals surface area contributed by atoms with E-state index in [9.17, 15) is 9.59 Å². The van der Waals surface area contributed by atoms with E-state index in [1.54, 1.807) is 6.07 Å². The zero-order valence-corrected chi connectivity index (χ0v) is 23.2. The molecule has 0 spiro atoms. The third-order valence-corrected chi connectivity index (χ3v) is 5.46. The molecule has 198 valence electrons. The second-order valence-corrected chi connectivity index (χ2v) is 8.56. The summed E-state index contributed by atoms with van der Waals surface area (Å²) in [6.07, 6.45) is 0.645. The van der Waals surface area contributed by atoms with E-state index in [4.69, 9.17) is 0 Å². The van der Waals surface area contributed by atoms with Crippen LogP contribution in [-0.2, 0) is 16.1 Å². The maximum absolute atomic E-state index is 11.7. The topological polar surface area (TPSA) is 73.5 Å². The van der Waals surface area contributed by atoms with E-state index in [0.29, 0.717) is 24.2 Å². The molecule has 3 N–H and O–H groups in total. The Morgan fingerprint density at radius 3 is 2.26 bits per heavy atom. The molecule has 0 saturated carbocycles. The van der Waals surface area contributed by atoms with Crippen LogP contribution in [0.25, 0.3) is 11.3 Å². The van der Waals surface area contributed by atoms with Gasteiger partial charge in [0.15, 0.2) is 0 Å². The first-order chi connectivity index (χ1) is 18.4. The van der Waals surface area contributed by atoms with Crippen LogP contribution in [0.15, 0.2) is 72.8 Å². The van der Waals surface area contributed by atoms with E-state index >= 15 is 0 Å². The molecule has 0 aliphatic rings. The van der Waals surface area contributed by atoms with Crippen LogP contribution in [0.3, 0.4) is 0 Å². The van der Waals surface area contributed by atoms with Crippen LogP contribution >= 0.6 is 0 Å². The molecule has 0 atom stereocenters. The third-order valence-electron chi connectivity index (χ3n) is 5.46. The lowest BCUT2D eigenvalue weighted by Gasteiger charge is -2.18. The van der Waals surface area contributed by atoms with Gasteiger partial charge in [-0.15, -0.1) is 0 Å². The first kappa shape index (κ1) is 29.9. The van der Waals surface area contributed by atoms with Gasteiger partial charge in [0.25, 0.3) is 5.91 Å². The van der Waals surface area contributed by atoms with E-state index in [1.165, 1.54) is 5.56 Å². The lowest BCUT2D eigenvalue weighted by Crippen LogP contribution is -2.20. The Balaban J connectivity index is 0.00000247. The maximum Gasteiger partial charge on any atom is 0.296 e. The Morgan fingerprint density at radius 2 is 1.66 bits per heavy atom. The normalized spacial score (nSPS) is 10.7. The Labute approximate surface area is 227 Å². The molecule has 3 aromatic carbocycles. The van der Waals surface area contributed by atoms with Gasteiger partial charge in [0.1, 0.15) is 0 Å². The number of nitrogens with zero attached hydrogens (tertiary/aromatic N) is 1. The predicted molar refractivity (Wildman–Crippen MR) is 159 cm³/mol. The minimum atomic E-state index is -0.338. The molecule has 2 amide bonds. The first-order valence-electron chi connectivity index (χ1n) is 12.8. The van der Waals surface area contributed by atoms with Crippen molar-refractivity contribution in [3.05, 3.63) is 95.1 Å². The number of anilines is 2. The van der Waals surface area contributed by atoms with Crippen molar-refractivity contribution in [1.82, 2.24) is 10.2 Å². The quantitative estimate of drug-likeness (QED) is 0.192. The Hall–Kier alpha value is -4.34. The molecule has 3 rings (SSSR count). The van der Waals surface area contributed by atoms with Crippen LogP contribution in [0.5, 0.6) is 0 Å². The molecule has 0 radical (unpaired) electrons. The lowest BCUT2D eigenvalue weighted by atomic mass is 9.97. The van der Waals surface area contributed by atoms with Crippen molar-refractivity contribution in [3.63, 3.8) is 0 Å². The molecule has 0 aliphatic carbocycles. The number of nitrogens with one attached hydrogen (secondary N) is 3. The number of hydrogen-bond acceptors (Lipinski definition) is 4. The van der Waals surface area contributed by atoms with Gasteiger partial charge in [-0.05, 0) is 68.9 Å². The van der Waals surface area contributed by atoms with Gasteiger partial charge in [0.2, 0.25) is 6.41 Å². The molecular weight excluding hydrogens is 472 g/mol. The zero-order chi connectivity index (χ0) is 27.9. The van der Waals surface area contributed by atoms with Crippen molar-refractivity contribution in [3.8, 4) is 11.8 Å². The Kier molecular flexibility index (Phi) is 12.4. The van der Waals surface area contributed by atoms with E-state index in [0.717, 1.165) is 34.6 Å². The van der Waals surface area contributed by atoms with Crippen LogP contribution in [-0.4, -0.2) is 37.9 Å². The highest BCUT2D eigenvalue weighted by molar-refractivity contribution is 5.99. The number of carbonyl (C=O) groups excluding carboxylic acids is 2. The summed E-state index contributed by atoms with van der Waals surface area (Å²) >= 11 is 0. The summed E-state index contributed by atoms with van der Waals surface area (Å²) in [6.45, 7) is 9.24. The van der Waals surface area contributed by atoms with Gasteiger partial charge < -0.3 is 20.9 Å². The minimum Gasteiger partial charge on any atom is -0.355 e. The first-order valence-corrected chi connectivity index (χ1v) is 12.8. The van der Waals surface area contributed by atoms with E-state index in [2.05, 4.69) is 57.0 Å². The van der Waals surface area contributed by atoms with Crippen molar-refractivity contribution in [1.29, 1.82) is 0 Å². The average molecular weight is 511 g/mol. The van der Waals surface area contributed by atoms with Crippen molar-refractivity contribution in [2.24, 2.45) is 0 Å². The number of rotatable bonds is 9. The summed E-state index contributed by atoms with van der Waals surface area (Å²) in [5, 5.41) is 9.02. The van der Waals surface area contributed by atoms with Gasteiger partial charge in [-0.3, -0.25) is 9.59 Å². The lowest BCUT2D eigenvalue weighted by molar-refractivity contribution is -0.115. The van der Waals surface area contributed by atoms with E-state index in [1.807, 2.05) is 84.3 Å². The average Bonchev–Trinajstić information content (AvgIpc) is 2.93.